The number of rotatable bonds is 9. The summed E-state index contributed by atoms with van der Waals surface area (Å²) in [5, 5.41) is 10.3. The summed E-state index contributed by atoms with van der Waals surface area (Å²) in [5.41, 5.74) is 4.97. The molecular formula is C47H67ClN2O5. The number of aliphatic carboxylic acids is 1. The van der Waals surface area contributed by atoms with Crippen molar-refractivity contribution in [1.82, 2.24) is 9.36 Å². The van der Waals surface area contributed by atoms with Gasteiger partial charge in [-0.25, -0.2) is 4.68 Å². The van der Waals surface area contributed by atoms with Gasteiger partial charge < -0.3 is 9.84 Å². The lowest BCUT2D eigenvalue weighted by Crippen LogP contribution is -2.65. The van der Waals surface area contributed by atoms with Crippen molar-refractivity contribution >= 4 is 23.5 Å². The molecule has 1 aromatic carbocycles. The van der Waals surface area contributed by atoms with Gasteiger partial charge in [0.15, 0.2) is 0 Å². The molecule has 4 fully saturated rings. The largest absolute Gasteiger partial charge is 0.481 e. The van der Waals surface area contributed by atoms with Gasteiger partial charge in [-0.2, -0.15) is 0 Å². The molecule has 4 saturated carbocycles. The molecule has 5 aliphatic carbocycles. The van der Waals surface area contributed by atoms with Gasteiger partial charge in [0.05, 0.1) is 18.4 Å². The molecule has 1 heterocycles. The van der Waals surface area contributed by atoms with Crippen LogP contribution in [-0.4, -0.2) is 32.5 Å². The van der Waals surface area contributed by atoms with Gasteiger partial charge in [-0.05, 0) is 148 Å². The zero-order valence-corrected chi connectivity index (χ0v) is 36.1. The van der Waals surface area contributed by atoms with E-state index in [0.29, 0.717) is 35.2 Å². The van der Waals surface area contributed by atoms with Crippen molar-refractivity contribution in [2.24, 2.45) is 63.2 Å². The first-order chi connectivity index (χ1) is 25.6. The molecule has 0 amide bonds. The van der Waals surface area contributed by atoms with E-state index in [9.17, 15) is 19.5 Å². The van der Waals surface area contributed by atoms with E-state index in [1.807, 2.05) is 35.0 Å². The predicted molar refractivity (Wildman–Crippen MR) is 219 cm³/mol. The lowest BCUT2D eigenvalue weighted by Gasteiger charge is -2.72. The van der Waals surface area contributed by atoms with Crippen LogP contribution in [0.4, 0.5) is 0 Å². The lowest BCUT2D eigenvalue weighted by molar-refractivity contribution is -0.233. The molecule has 0 aliphatic heterocycles. The van der Waals surface area contributed by atoms with Crippen LogP contribution in [0.1, 0.15) is 144 Å². The second kappa shape index (κ2) is 13.7. The highest BCUT2D eigenvalue weighted by Crippen LogP contribution is 2.77. The van der Waals surface area contributed by atoms with Crippen LogP contribution in [0.2, 0.25) is 5.02 Å². The number of aromatic nitrogens is 2. The molecular weight excluding hydrogens is 708 g/mol. The average Bonchev–Trinajstić information content (AvgIpc) is 3.60. The first-order valence-electron chi connectivity index (χ1n) is 21.3. The number of carbonyl (C=O) groups is 2. The summed E-state index contributed by atoms with van der Waals surface area (Å²) in [6.07, 6.45) is 11.9. The van der Waals surface area contributed by atoms with Crippen LogP contribution in [-0.2, 0) is 34.3 Å². The summed E-state index contributed by atoms with van der Waals surface area (Å²) in [6, 6.07) is 9.71. The molecule has 1 N–H and O–H groups in total. The minimum Gasteiger partial charge on any atom is -0.481 e. The number of benzene rings is 1. The smallest absolute Gasteiger partial charge is 0.309 e. The van der Waals surface area contributed by atoms with Gasteiger partial charge in [-0.1, -0.05) is 83.3 Å². The minimum absolute atomic E-state index is 0.0617. The molecule has 0 radical (unpaired) electrons. The second-order valence-corrected chi connectivity index (χ2v) is 21.5. The fourth-order valence-corrected chi connectivity index (χ4v) is 14.1. The maximum atomic E-state index is 13.5. The highest BCUT2D eigenvalue weighted by Gasteiger charge is 2.69. The van der Waals surface area contributed by atoms with E-state index in [0.717, 1.165) is 43.4 Å². The molecule has 0 spiro atoms. The number of fused-ring (bicyclic) bond motifs is 7. The summed E-state index contributed by atoms with van der Waals surface area (Å²) in [6.45, 7) is 21.1. The SMILES string of the molecule is CC(C)C1=C2[C@H]3CC[C@@H]4C5(C)CC[C@H](OC(=O)CC(C)(C)C(=O)O)C(C)(C)[C@@H]5CC[C@@]4(C)[C@]3(C)CC[C@@]2(Cc2cc(=O)n(Cc3ccc(Cl)cc3)n2C)CC1. The second-order valence-electron chi connectivity index (χ2n) is 21.1. The summed E-state index contributed by atoms with van der Waals surface area (Å²) in [5.74, 6) is 0.697. The van der Waals surface area contributed by atoms with Crippen molar-refractivity contribution in [2.45, 2.75) is 152 Å². The molecule has 5 aliphatic rings. The third kappa shape index (κ3) is 6.31. The van der Waals surface area contributed by atoms with Crippen LogP contribution in [0.15, 0.2) is 46.3 Å². The first-order valence-corrected chi connectivity index (χ1v) is 21.6. The van der Waals surface area contributed by atoms with Gasteiger partial charge in [0.1, 0.15) is 6.10 Å². The Morgan fingerprint density at radius 2 is 1.62 bits per heavy atom. The molecule has 7 nitrogen and oxygen atoms in total. The van der Waals surface area contributed by atoms with Crippen LogP contribution in [0.3, 0.4) is 0 Å². The summed E-state index contributed by atoms with van der Waals surface area (Å²) >= 11 is 6.16. The number of allylic oxidation sites excluding steroid dienone is 2. The number of halogens is 1. The normalized spacial score (nSPS) is 35.5. The lowest BCUT2D eigenvalue weighted by atomic mass is 9.33. The molecule has 0 bridgehead atoms. The molecule has 8 atom stereocenters. The maximum absolute atomic E-state index is 13.5. The van der Waals surface area contributed by atoms with Crippen LogP contribution in [0.5, 0.6) is 0 Å². The summed E-state index contributed by atoms with van der Waals surface area (Å²) in [4.78, 5) is 38.4. The molecule has 1 aromatic heterocycles. The van der Waals surface area contributed by atoms with E-state index in [-0.39, 0.29) is 45.2 Å². The third-order valence-electron chi connectivity index (χ3n) is 17.3. The van der Waals surface area contributed by atoms with E-state index in [1.165, 1.54) is 38.5 Å². The fourth-order valence-electron chi connectivity index (χ4n) is 14.0. The van der Waals surface area contributed by atoms with E-state index < -0.39 is 17.4 Å². The van der Waals surface area contributed by atoms with Gasteiger partial charge >= 0.3 is 11.9 Å². The maximum Gasteiger partial charge on any atom is 0.309 e. The van der Waals surface area contributed by atoms with Gasteiger partial charge in [0, 0.05) is 29.2 Å². The Balaban J connectivity index is 1.16. The first kappa shape index (κ1) is 40.4. The predicted octanol–water partition coefficient (Wildman–Crippen LogP) is 10.6. The van der Waals surface area contributed by atoms with Crippen molar-refractivity contribution in [3.8, 4) is 0 Å². The molecule has 0 saturated heterocycles. The Morgan fingerprint density at radius 3 is 2.27 bits per heavy atom. The van der Waals surface area contributed by atoms with Crippen molar-refractivity contribution in [3.63, 3.8) is 0 Å². The monoisotopic (exact) mass is 774 g/mol. The highest BCUT2D eigenvalue weighted by atomic mass is 35.5. The van der Waals surface area contributed by atoms with Crippen LogP contribution in [0, 0.1) is 56.2 Å². The van der Waals surface area contributed by atoms with Crippen molar-refractivity contribution in [2.75, 3.05) is 0 Å². The van der Waals surface area contributed by atoms with Crippen LogP contribution in [0.25, 0.3) is 0 Å². The van der Waals surface area contributed by atoms with Gasteiger partial charge in [-0.15, -0.1) is 0 Å². The van der Waals surface area contributed by atoms with Crippen molar-refractivity contribution in [1.29, 1.82) is 0 Å². The highest BCUT2D eigenvalue weighted by molar-refractivity contribution is 6.30. The molecule has 55 heavy (non-hydrogen) atoms. The number of carboxylic acids is 1. The molecule has 8 heteroatoms. The molecule has 7 rings (SSSR count). The molecule has 302 valence electrons. The number of ether oxygens (including phenoxy) is 1. The zero-order valence-electron chi connectivity index (χ0n) is 35.3. The summed E-state index contributed by atoms with van der Waals surface area (Å²) in [7, 11) is 2.07. The number of carboxylic acid groups (broad SMARTS) is 1. The number of hydrogen-bond donors (Lipinski definition) is 1. The average molecular weight is 776 g/mol. The quantitative estimate of drug-likeness (QED) is 0.202. The van der Waals surface area contributed by atoms with Gasteiger partial charge in [0.25, 0.3) is 5.56 Å². The van der Waals surface area contributed by atoms with Gasteiger partial charge in [0.2, 0.25) is 0 Å². The van der Waals surface area contributed by atoms with Crippen molar-refractivity contribution < 1.29 is 19.4 Å². The van der Waals surface area contributed by atoms with Crippen LogP contribution >= 0.6 is 11.6 Å². The third-order valence-corrected chi connectivity index (χ3v) is 17.5. The van der Waals surface area contributed by atoms with Crippen molar-refractivity contribution in [3.05, 3.63) is 68.1 Å². The van der Waals surface area contributed by atoms with E-state index in [1.54, 1.807) is 25.0 Å². The zero-order chi connectivity index (χ0) is 40.1. The number of nitrogens with zero attached hydrogens (tertiary/aromatic N) is 2. The summed E-state index contributed by atoms with van der Waals surface area (Å²) < 4.78 is 10.2. The standard InChI is InChI=1S/C47H67ClN2O5/c1-29(2)33-17-22-47(26-32-25-38(51)50(49(32)10)28-30-11-13-31(48)14-12-30)24-23-45(8)34(40(33)47)15-16-36-44(7)20-19-37(55-39(52)27-42(3,4)41(53)54)43(5,6)35(44)18-21-46(36,45)9/h11-14,25,29,34-37H,15-24,26-28H2,1-10H3,(H,53,54)/t34-,35+,36-,37+,44?,45-,46-,47-/m1/s1. The van der Waals surface area contributed by atoms with Gasteiger partial charge in [-0.3, -0.25) is 19.1 Å². The number of esters is 1. The topological polar surface area (TPSA) is 90.5 Å². The van der Waals surface area contributed by atoms with E-state index in [2.05, 4.69) is 60.2 Å². The fraction of sp³-hybridized carbons (Fsp3) is 0.723. The van der Waals surface area contributed by atoms with E-state index in [4.69, 9.17) is 16.3 Å². The molecule has 2 aromatic rings. The van der Waals surface area contributed by atoms with Crippen LogP contribution < -0.4 is 5.56 Å². The Kier molecular flexibility index (Phi) is 10.0. The Hall–Kier alpha value is -2.80. The Morgan fingerprint density at radius 1 is 0.927 bits per heavy atom. The number of hydrogen-bond acceptors (Lipinski definition) is 4. The minimum atomic E-state index is -1.15. The Bertz CT molecular complexity index is 1940. The Labute approximate surface area is 334 Å². The molecule has 1 unspecified atom stereocenters. The number of carbonyl (C=O) groups excluding carboxylic acids is 1. The van der Waals surface area contributed by atoms with E-state index >= 15 is 0 Å².